The number of aliphatic hydroxyl groups excluding tert-OH is 1. The Morgan fingerprint density at radius 1 is 0.868 bits per heavy atom. The Hall–Kier alpha value is -3.39. The third-order valence-corrected chi connectivity index (χ3v) is 6.05. The maximum atomic E-state index is 13.4. The van der Waals surface area contributed by atoms with E-state index in [1.165, 1.54) is 0 Å². The van der Waals surface area contributed by atoms with Gasteiger partial charge in [0.05, 0.1) is 12.1 Å². The minimum Gasteiger partial charge on any atom is -0.444 e. The average Bonchev–Trinajstić information content (AvgIpc) is 2.82. The first kappa shape index (κ1) is 30.8. The number of ether oxygens (including phenoxy) is 1. The lowest BCUT2D eigenvalue weighted by atomic mass is 9.88. The van der Waals surface area contributed by atoms with Gasteiger partial charge in [0.2, 0.25) is 11.8 Å². The third-order valence-electron chi connectivity index (χ3n) is 6.05. The Morgan fingerprint density at radius 3 is 1.87 bits per heavy atom. The van der Waals surface area contributed by atoms with E-state index >= 15 is 0 Å². The summed E-state index contributed by atoms with van der Waals surface area (Å²) in [6.45, 7) is 9.19. The number of aliphatic hydroxyl groups is 1. The van der Waals surface area contributed by atoms with Gasteiger partial charge in [0.25, 0.3) is 0 Å². The van der Waals surface area contributed by atoms with Crippen LogP contribution in [0.1, 0.15) is 58.6 Å². The molecule has 0 radical (unpaired) electrons. The zero-order valence-corrected chi connectivity index (χ0v) is 23.1. The van der Waals surface area contributed by atoms with E-state index in [4.69, 9.17) is 10.5 Å². The highest BCUT2D eigenvalue weighted by molar-refractivity contribution is 5.87. The highest BCUT2D eigenvalue weighted by Gasteiger charge is 2.31. The molecular formula is C30H43N3O5. The first-order chi connectivity index (χ1) is 17.8. The SMILES string of the molecule is CC(C)C[C@@H](NC(=O)[C@H](Cc1ccccc1)C[C@H](O)[C@H](Cc1ccccc1)NC(=O)OC(C)(C)C)C(N)=O. The molecule has 0 saturated heterocycles. The van der Waals surface area contributed by atoms with Crippen LogP contribution in [-0.4, -0.2) is 46.8 Å². The monoisotopic (exact) mass is 525 g/mol. The van der Waals surface area contributed by atoms with Gasteiger partial charge in [0, 0.05) is 5.92 Å². The summed E-state index contributed by atoms with van der Waals surface area (Å²) in [5.74, 6) is -1.48. The van der Waals surface area contributed by atoms with Gasteiger partial charge in [-0.2, -0.15) is 0 Å². The molecule has 0 unspecified atom stereocenters. The number of nitrogens with one attached hydrogen (secondary N) is 2. The van der Waals surface area contributed by atoms with Gasteiger partial charge >= 0.3 is 6.09 Å². The van der Waals surface area contributed by atoms with Gasteiger partial charge < -0.3 is 26.2 Å². The fourth-order valence-corrected chi connectivity index (χ4v) is 4.25. The van der Waals surface area contributed by atoms with Crippen LogP contribution in [0.2, 0.25) is 0 Å². The lowest BCUT2D eigenvalue weighted by Crippen LogP contribution is -2.50. The van der Waals surface area contributed by atoms with Gasteiger partial charge in [-0.25, -0.2) is 4.79 Å². The Morgan fingerprint density at radius 2 is 1.39 bits per heavy atom. The minimum atomic E-state index is -1.07. The topological polar surface area (TPSA) is 131 Å². The second kappa shape index (κ2) is 14.5. The fourth-order valence-electron chi connectivity index (χ4n) is 4.25. The minimum absolute atomic E-state index is 0.0567. The first-order valence-corrected chi connectivity index (χ1v) is 13.2. The van der Waals surface area contributed by atoms with Crippen LogP contribution < -0.4 is 16.4 Å². The quantitative estimate of drug-likeness (QED) is 0.316. The average molecular weight is 526 g/mol. The summed E-state index contributed by atoms with van der Waals surface area (Å²) in [5, 5.41) is 17.0. The van der Waals surface area contributed by atoms with Crippen LogP contribution >= 0.6 is 0 Å². The second-order valence-electron chi connectivity index (χ2n) is 11.2. The maximum Gasteiger partial charge on any atom is 0.407 e. The van der Waals surface area contributed by atoms with E-state index in [1.54, 1.807) is 20.8 Å². The number of hydrogen-bond donors (Lipinski definition) is 4. The lowest BCUT2D eigenvalue weighted by Gasteiger charge is -2.29. The molecule has 0 heterocycles. The molecule has 208 valence electrons. The van der Waals surface area contributed by atoms with Crippen molar-refractivity contribution in [3.8, 4) is 0 Å². The number of primary amides is 1. The zero-order valence-electron chi connectivity index (χ0n) is 23.1. The third kappa shape index (κ3) is 11.3. The molecule has 4 atom stereocenters. The van der Waals surface area contributed by atoms with E-state index < -0.39 is 41.7 Å². The molecule has 0 saturated carbocycles. The highest BCUT2D eigenvalue weighted by atomic mass is 16.6. The lowest BCUT2D eigenvalue weighted by molar-refractivity contribution is -0.131. The summed E-state index contributed by atoms with van der Waals surface area (Å²) in [6, 6.07) is 17.4. The van der Waals surface area contributed by atoms with Gasteiger partial charge in [0.15, 0.2) is 0 Å². The summed E-state index contributed by atoms with van der Waals surface area (Å²) >= 11 is 0. The Kier molecular flexibility index (Phi) is 11.8. The number of carbonyl (C=O) groups excluding carboxylic acids is 3. The van der Waals surface area contributed by atoms with Gasteiger partial charge in [0.1, 0.15) is 11.6 Å². The highest BCUT2D eigenvalue weighted by Crippen LogP contribution is 2.20. The van der Waals surface area contributed by atoms with Crippen molar-refractivity contribution in [1.29, 1.82) is 0 Å². The van der Waals surface area contributed by atoms with E-state index in [1.807, 2.05) is 74.5 Å². The van der Waals surface area contributed by atoms with Gasteiger partial charge in [-0.15, -0.1) is 0 Å². The molecule has 3 amide bonds. The summed E-state index contributed by atoms with van der Waals surface area (Å²) in [4.78, 5) is 38.1. The fraction of sp³-hybridized carbons (Fsp3) is 0.500. The molecule has 8 nitrogen and oxygen atoms in total. The molecule has 0 aliphatic rings. The van der Waals surface area contributed by atoms with Crippen LogP contribution in [0.3, 0.4) is 0 Å². The normalized spacial score (nSPS) is 14.7. The number of amides is 3. The summed E-state index contributed by atoms with van der Waals surface area (Å²) in [5.41, 5.74) is 6.69. The first-order valence-electron chi connectivity index (χ1n) is 13.2. The van der Waals surface area contributed by atoms with Crippen molar-refractivity contribution >= 4 is 17.9 Å². The van der Waals surface area contributed by atoms with Crippen molar-refractivity contribution in [1.82, 2.24) is 10.6 Å². The Labute approximate surface area is 226 Å². The van der Waals surface area contributed by atoms with Crippen molar-refractivity contribution < 1.29 is 24.2 Å². The number of benzene rings is 2. The molecule has 0 spiro atoms. The molecular weight excluding hydrogens is 482 g/mol. The van der Waals surface area contributed by atoms with Gasteiger partial charge in [-0.3, -0.25) is 9.59 Å². The van der Waals surface area contributed by atoms with Crippen LogP contribution in [0.15, 0.2) is 60.7 Å². The zero-order chi connectivity index (χ0) is 28.3. The summed E-state index contributed by atoms with van der Waals surface area (Å²) in [7, 11) is 0. The van der Waals surface area contributed by atoms with Crippen LogP contribution in [0, 0.1) is 11.8 Å². The molecule has 2 aromatic carbocycles. The molecule has 38 heavy (non-hydrogen) atoms. The second-order valence-corrected chi connectivity index (χ2v) is 11.2. The van der Waals surface area contributed by atoms with Crippen molar-refractivity contribution in [2.24, 2.45) is 17.6 Å². The standard InChI is InChI=1S/C30H43N3O5/c1-20(2)16-25(27(31)35)32-28(36)23(17-21-12-8-6-9-13-21)19-26(34)24(18-22-14-10-7-11-15-22)33-29(37)38-30(3,4)5/h6-15,20,23-26,34H,16-19H2,1-5H3,(H2,31,35)(H,32,36)(H,33,37)/t23-,24+,25-,26+/m1/s1. The van der Waals surface area contributed by atoms with E-state index in [0.29, 0.717) is 19.3 Å². The number of hydrogen-bond acceptors (Lipinski definition) is 5. The number of alkyl carbamates (subject to hydrolysis) is 1. The molecule has 0 fully saturated rings. The summed E-state index contributed by atoms with van der Waals surface area (Å²) < 4.78 is 5.43. The van der Waals surface area contributed by atoms with Crippen LogP contribution in [0.4, 0.5) is 4.79 Å². The predicted molar refractivity (Wildman–Crippen MR) is 148 cm³/mol. The van der Waals surface area contributed by atoms with Gasteiger partial charge in [-0.1, -0.05) is 74.5 Å². The van der Waals surface area contributed by atoms with Crippen molar-refractivity contribution in [3.05, 3.63) is 71.8 Å². The van der Waals surface area contributed by atoms with Gasteiger partial charge in [-0.05, 0) is 63.5 Å². The van der Waals surface area contributed by atoms with E-state index in [9.17, 15) is 19.5 Å². The predicted octanol–water partition coefficient (Wildman–Crippen LogP) is 3.75. The molecule has 0 aliphatic heterocycles. The van der Waals surface area contributed by atoms with E-state index in [-0.39, 0.29) is 18.2 Å². The molecule has 5 N–H and O–H groups in total. The van der Waals surface area contributed by atoms with Crippen LogP contribution in [0.5, 0.6) is 0 Å². The van der Waals surface area contributed by atoms with Crippen molar-refractivity contribution in [2.45, 2.75) is 84.1 Å². The smallest absolute Gasteiger partial charge is 0.407 e. The Bertz CT molecular complexity index is 1020. The molecule has 2 rings (SSSR count). The van der Waals surface area contributed by atoms with Crippen LogP contribution in [0.25, 0.3) is 0 Å². The molecule has 0 aliphatic carbocycles. The molecule has 2 aromatic rings. The largest absolute Gasteiger partial charge is 0.444 e. The van der Waals surface area contributed by atoms with Crippen molar-refractivity contribution in [2.75, 3.05) is 0 Å². The van der Waals surface area contributed by atoms with E-state index in [2.05, 4.69) is 10.6 Å². The molecule has 0 aromatic heterocycles. The van der Waals surface area contributed by atoms with Crippen LogP contribution in [-0.2, 0) is 27.2 Å². The Balaban J connectivity index is 2.28. The number of carbonyl (C=O) groups is 3. The molecule has 0 bridgehead atoms. The summed E-state index contributed by atoms with van der Waals surface area (Å²) in [6.07, 6.45) is -0.550. The van der Waals surface area contributed by atoms with E-state index in [0.717, 1.165) is 11.1 Å². The van der Waals surface area contributed by atoms with Crippen molar-refractivity contribution in [3.63, 3.8) is 0 Å². The molecule has 8 heteroatoms. The number of nitrogens with two attached hydrogens (primary N) is 1. The number of rotatable bonds is 13. The maximum absolute atomic E-state index is 13.4.